The van der Waals surface area contributed by atoms with Gasteiger partial charge in [-0.25, -0.2) is 0 Å². The molecule has 0 aliphatic carbocycles. The first-order valence-electron chi connectivity index (χ1n) is 8.53. The molecule has 114 valence electrons. The molecule has 0 unspecified atom stereocenters. The average Bonchev–Trinajstić information content (AvgIpc) is 2.86. The number of para-hydroxylation sites is 1. The maximum absolute atomic E-state index is 6.04. The van der Waals surface area contributed by atoms with Crippen molar-refractivity contribution in [3.05, 3.63) is 41.7 Å². The van der Waals surface area contributed by atoms with E-state index >= 15 is 0 Å². The molecular weight excluding hydrogens is 256 g/mol. The highest BCUT2D eigenvalue weighted by Crippen LogP contribution is 2.28. The van der Waals surface area contributed by atoms with Crippen LogP contribution in [0.15, 0.2) is 34.8 Å². The minimum absolute atomic E-state index is 1.02. The summed E-state index contributed by atoms with van der Waals surface area (Å²) in [5.41, 5.74) is 2.41. The molecule has 1 heterocycles. The van der Waals surface area contributed by atoms with Gasteiger partial charge < -0.3 is 4.42 Å². The van der Waals surface area contributed by atoms with E-state index in [9.17, 15) is 0 Å². The number of fused-ring (bicyclic) bond motifs is 1. The van der Waals surface area contributed by atoms with Gasteiger partial charge in [0.2, 0.25) is 0 Å². The molecule has 21 heavy (non-hydrogen) atoms. The fourth-order valence-corrected chi connectivity index (χ4v) is 2.74. The first kappa shape index (κ1) is 15.9. The van der Waals surface area contributed by atoms with E-state index in [1.807, 2.05) is 6.07 Å². The highest BCUT2D eigenvalue weighted by Gasteiger charge is 2.10. The topological polar surface area (TPSA) is 13.1 Å². The van der Waals surface area contributed by atoms with Crippen LogP contribution in [0.2, 0.25) is 0 Å². The van der Waals surface area contributed by atoms with E-state index in [-0.39, 0.29) is 0 Å². The number of rotatable bonds is 9. The predicted octanol–water partition coefficient (Wildman–Crippen LogP) is 6.76. The highest BCUT2D eigenvalue weighted by molar-refractivity contribution is 5.84. The Morgan fingerprint density at radius 2 is 1.76 bits per heavy atom. The van der Waals surface area contributed by atoms with Crippen molar-refractivity contribution in [3.8, 4) is 0 Å². The second-order valence-corrected chi connectivity index (χ2v) is 5.80. The maximum Gasteiger partial charge on any atom is 0.135 e. The number of benzene rings is 1. The highest BCUT2D eigenvalue weighted by atomic mass is 16.3. The van der Waals surface area contributed by atoms with Gasteiger partial charge in [-0.05, 0) is 37.8 Å². The zero-order valence-electron chi connectivity index (χ0n) is 13.5. The minimum atomic E-state index is 1.02. The summed E-state index contributed by atoms with van der Waals surface area (Å²) < 4.78 is 6.04. The molecule has 0 atom stereocenters. The lowest BCUT2D eigenvalue weighted by Crippen LogP contribution is -1.85. The van der Waals surface area contributed by atoms with Crippen LogP contribution in [0.3, 0.4) is 0 Å². The molecular formula is C20H28O. The molecule has 2 aromatic rings. The summed E-state index contributed by atoms with van der Waals surface area (Å²) >= 11 is 0. The Hall–Kier alpha value is -1.50. The van der Waals surface area contributed by atoms with Gasteiger partial charge in [0, 0.05) is 10.9 Å². The van der Waals surface area contributed by atoms with Crippen LogP contribution in [0.4, 0.5) is 0 Å². The molecule has 0 saturated carbocycles. The van der Waals surface area contributed by atoms with Gasteiger partial charge in [-0.3, -0.25) is 0 Å². The van der Waals surface area contributed by atoms with Crippen LogP contribution < -0.4 is 0 Å². The molecule has 0 aliphatic rings. The van der Waals surface area contributed by atoms with E-state index < -0.39 is 0 Å². The number of hydrogen-bond acceptors (Lipinski definition) is 1. The minimum Gasteiger partial charge on any atom is -0.456 e. The first-order valence-corrected chi connectivity index (χ1v) is 8.53. The Kier molecular flexibility index (Phi) is 6.59. The van der Waals surface area contributed by atoms with Crippen LogP contribution in [0.1, 0.15) is 70.1 Å². The Morgan fingerprint density at radius 3 is 2.57 bits per heavy atom. The molecule has 2 rings (SSSR count). The molecule has 1 aromatic carbocycles. The predicted molar refractivity (Wildman–Crippen MR) is 92.6 cm³/mol. The summed E-state index contributed by atoms with van der Waals surface area (Å²) in [5.74, 6) is 1.07. The van der Waals surface area contributed by atoms with Crippen molar-refractivity contribution in [2.45, 2.75) is 65.2 Å². The summed E-state index contributed by atoms with van der Waals surface area (Å²) in [6.45, 7) is 4.50. The third-order valence-electron chi connectivity index (χ3n) is 4.00. The molecule has 0 fully saturated rings. The van der Waals surface area contributed by atoms with E-state index in [4.69, 9.17) is 4.42 Å². The fourth-order valence-electron chi connectivity index (χ4n) is 2.74. The second-order valence-electron chi connectivity index (χ2n) is 5.80. The fraction of sp³-hybridized carbons (Fsp3) is 0.500. The van der Waals surface area contributed by atoms with Gasteiger partial charge in [0.15, 0.2) is 0 Å². The Bertz CT molecular complexity index is 562. The van der Waals surface area contributed by atoms with Crippen LogP contribution in [0, 0.1) is 0 Å². The number of aryl methyl sites for hydroxylation is 1. The van der Waals surface area contributed by atoms with Crippen LogP contribution in [0.25, 0.3) is 17.0 Å². The van der Waals surface area contributed by atoms with Gasteiger partial charge >= 0.3 is 0 Å². The zero-order valence-corrected chi connectivity index (χ0v) is 13.5. The number of furan rings is 1. The Balaban J connectivity index is 2.08. The molecule has 0 N–H and O–H groups in total. The van der Waals surface area contributed by atoms with Crippen LogP contribution >= 0.6 is 0 Å². The van der Waals surface area contributed by atoms with Crippen molar-refractivity contribution in [2.24, 2.45) is 0 Å². The summed E-state index contributed by atoms with van der Waals surface area (Å²) in [6, 6.07) is 8.41. The smallest absolute Gasteiger partial charge is 0.135 e. The molecule has 0 amide bonds. The maximum atomic E-state index is 6.04. The van der Waals surface area contributed by atoms with Crippen molar-refractivity contribution in [2.75, 3.05) is 0 Å². The number of allylic oxidation sites excluding steroid dienone is 1. The Morgan fingerprint density at radius 1 is 0.952 bits per heavy atom. The average molecular weight is 284 g/mol. The van der Waals surface area contributed by atoms with Crippen molar-refractivity contribution >= 4 is 17.0 Å². The van der Waals surface area contributed by atoms with Gasteiger partial charge in [0.1, 0.15) is 11.3 Å². The third kappa shape index (κ3) is 4.49. The number of unbranched alkanes of at least 4 members (excludes halogenated alkanes) is 5. The molecule has 1 heteroatoms. The van der Waals surface area contributed by atoms with Crippen molar-refractivity contribution in [3.63, 3.8) is 0 Å². The molecule has 0 bridgehead atoms. The van der Waals surface area contributed by atoms with Crippen molar-refractivity contribution in [1.82, 2.24) is 0 Å². The summed E-state index contributed by atoms with van der Waals surface area (Å²) in [4.78, 5) is 0. The SMILES string of the molecule is CCCCCCC=Cc1oc2ccccc2c1CCCC. The molecule has 0 radical (unpaired) electrons. The lowest BCUT2D eigenvalue weighted by molar-refractivity contribution is 0.595. The molecule has 0 spiro atoms. The van der Waals surface area contributed by atoms with Gasteiger partial charge in [-0.15, -0.1) is 0 Å². The molecule has 0 saturated heterocycles. The van der Waals surface area contributed by atoms with Gasteiger partial charge in [-0.2, -0.15) is 0 Å². The lowest BCUT2D eigenvalue weighted by atomic mass is 10.0. The second kappa shape index (κ2) is 8.71. The Labute approximate surface area is 129 Å². The first-order chi connectivity index (χ1) is 10.4. The van der Waals surface area contributed by atoms with Gasteiger partial charge in [-0.1, -0.05) is 63.8 Å². The van der Waals surface area contributed by atoms with Gasteiger partial charge in [0.05, 0.1) is 0 Å². The van der Waals surface area contributed by atoms with E-state index in [2.05, 4.69) is 44.2 Å². The van der Waals surface area contributed by atoms with Crippen LogP contribution in [-0.4, -0.2) is 0 Å². The normalized spacial score (nSPS) is 11.7. The van der Waals surface area contributed by atoms with E-state index in [0.29, 0.717) is 0 Å². The van der Waals surface area contributed by atoms with E-state index in [0.717, 1.165) is 24.2 Å². The standard InChI is InChI=1S/C20H28O/c1-3-5-7-8-9-10-15-19-17(13-6-4-2)18-14-11-12-16-20(18)21-19/h10-12,14-16H,3-9,13H2,1-2H3. The van der Waals surface area contributed by atoms with Crippen LogP contribution in [-0.2, 0) is 6.42 Å². The largest absolute Gasteiger partial charge is 0.456 e. The zero-order chi connectivity index (χ0) is 14.9. The molecule has 1 nitrogen and oxygen atoms in total. The van der Waals surface area contributed by atoms with Crippen molar-refractivity contribution < 1.29 is 4.42 Å². The summed E-state index contributed by atoms with van der Waals surface area (Å²) in [7, 11) is 0. The quantitative estimate of drug-likeness (QED) is 0.464. The van der Waals surface area contributed by atoms with E-state index in [1.165, 1.54) is 49.5 Å². The molecule has 0 aliphatic heterocycles. The van der Waals surface area contributed by atoms with Crippen LogP contribution in [0.5, 0.6) is 0 Å². The summed E-state index contributed by atoms with van der Waals surface area (Å²) in [6.07, 6.45) is 14.5. The lowest BCUT2D eigenvalue weighted by Gasteiger charge is -1.99. The molecule has 1 aromatic heterocycles. The summed E-state index contributed by atoms with van der Waals surface area (Å²) in [5, 5.41) is 1.29. The third-order valence-corrected chi connectivity index (χ3v) is 4.00. The van der Waals surface area contributed by atoms with Gasteiger partial charge in [0.25, 0.3) is 0 Å². The number of hydrogen-bond donors (Lipinski definition) is 0. The van der Waals surface area contributed by atoms with Crippen molar-refractivity contribution in [1.29, 1.82) is 0 Å². The van der Waals surface area contributed by atoms with E-state index in [1.54, 1.807) is 0 Å². The monoisotopic (exact) mass is 284 g/mol.